The Kier molecular flexibility index (Phi) is 4.39. The van der Waals surface area contributed by atoms with E-state index in [9.17, 15) is 4.39 Å². The van der Waals surface area contributed by atoms with E-state index in [0.717, 1.165) is 30.6 Å². The monoisotopic (exact) mass is 259 g/mol. The van der Waals surface area contributed by atoms with Crippen molar-refractivity contribution < 1.29 is 4.39 Å². The van der Waals surface area contributed by atoms with Gasteiger partial charge in [0.15, 0.2) is 0 Å². The summed E-state index contributed by atoms with van der Waals surface area (Å²) in [6.07, 6.45) is 2.29. The van der Waals surface area contributed by atoms with Gasteiger partial charge in [-0.05, 0) is 47.0 Å². The average Bonchev–Trinajstić information content (AvgIpc) is 2.14. The molecule has 1 aromatic rings. The molecule has 0 fully saturated rings. The molecule has 0 aliphatic heterocycles. The summed E-state index contributed by atoms with van der Waals surface area (Å²) in [5, 5.41) is 3.29. The van der Waals surface area contributed by atoms with E-state index in [2.05, 4.69) is 28.2 Å². The predicted molar refractivity (Wildman–Crippen MR) is 62.2 cm³/mol. The Labute approximate surface area is 92.8 Å². The van der Waals surface area contributed by atoms with Gasteiger partial charge in [0.2, 0.25) is 0 Å². The molecule has 1 N–H and O–H groups in total. The first-order valence-corrected chi connectivity index (χ1v) is 5.64. The summed E-state index contributed by atoms with van der Waals surface area (Å²) >= 11 is 3.17. The highest BCUT2D eigenvalue weighted by molar-refractivity contribution is 9.10. The third kappa shape index (κ3) is 2.98. The first-order valence-electron chi connectivity index (χ1n) is 4.84. The summed E-state index contributed by atoms with van der Waals surface area (Å²) in [5.74, 6) is -0.205. The van der Waals surface area contributed by atoms with Crippen LogP contribution in [-0.4, -0.2) is 6.54 Å². The molecule has 0 aliphatic rings. The van der Waals surface area contributed by atoms with Crippen LogP contribution in [0, 0.1) is 12.7 Å². The summed E-state index contributed by atoms with van der Waals surface area (Å²) in [6.45, 7) is 4.99. The van der Waals surface area contributed by atoms with E-state index in [1.54, 1.807) is 12.1 Å². The minimum absolute atomic E-state index is 0.205. The van der Waals surface area contributed by atoms with Crippen molar-refractivity contribution in [2.45, 2.75) is 26.7 Å². The van der Waals surface area contributed by atoms with Gasteiger partial charge in [0.05, 0.1) is 4.47 Å². The van der Waals surface area contributed by atoms with E-state index in [1.165, 1.54) is 0 Å². The van der Waals surface area contributed by atoms with E-state index in [4.69, 9.17) is 0 Å². The van der Waals surface area contributed by atoms with Crippen LogP contribution in [-0.2, 0) is 0 Å². The van der Waals surface area contributed by atoms with E-state index < -0.39 is 0 Å². The molecular weight excluding hydrogens is 245 g/mol. The van der Waals surface area contributed by atoms with Crippen LogP contribution in [0.5, 0.6) is 0 Å². The first-order chi connectivity index (χ1) is 6.65. The lowest BCUT2D eigenvalue weighted by atomic mass is 10.2. The average molecular weight is 260 g/mol. The van der Waals surface area contributed by atoms with Gasteiger partial charge in [0.25, 0.3) is 0 Å². The molecule has 0 radical (unpaired) electrons. The lowest BCUT2D eigenvalue weighted by molar-refractivity contribution is 0.620. The standard InChI is InChI=1S/C11H15BrFN/c1-3-4-5-14-11-7-9(12)10(13)6-8(11)2/h6-7,14H,3-5H2,1-2H3. The van der Waals surface area contributed by atoms with Crippen LogP contribution in [0.2, 0.25) is 0 Å². The Bertz CT molecular complexity index is 312. The fourth-order valence-corrected chi connectivity index (χ4v) is 1.58. The smallest absolute Gasteiger partial charge is 0.137 e. The molecule has 0 heterocycles. The number of halogens is 2. The van der Waals surface area contributed by atoms with Gasteiger partial charge in [-0.1, -0.05) is 13.3 Å². The van der Waals surface area contributed by atoms with Gasteiger partial charge in [-0.25, -0.2) is 4.39 Å². The summed E-state index contributed by atoms with van der Waals surface area (Å²) in [5.41, 5.74) is 1.95. The molecule has 0 saturated carbocycles. The van der Waals surface area contributed by atoms with Crippen molar-refractivity contribution in [3.8, 4) is 0 Å². The third-order valence-electron chi connectivity index (χ3n) is 2.11. The number of nitrogens with one attached hydrogen (secondary N) is 1. The number of hydrogen-bond donors (Lipinski definition) is 1. The van der Waals surface area contributed by atoms with Crippen LogP contribution in [0.1, 0.15) is 25.3 Å². The van der Waals surface area contributed by atoms with Crippen molar-refractivity contribution in [3.63, 3.8) is 0 Å². The van der Waals surface area contributed by atoms with Gasteiger partial charge in [-0.15, -0.1) is 0 Å². The summed E-state index contributed by atoms with van der Waals surface area (Å²) < 4.78 is 13.6. The fourth-order valence-electron chi connectivity index (χ4n) is 1.24. The highest BCUT2D eigenvalue weighted by Crippen LogP contribution is 2.24. The highest BCUT2D eigenvalue weighted by atomic mass is 79.9. The van der Waals surface area contributed by atoms with Crippen molar-refractivity contribution in [1.29, 1.82) is 0 Å². The number of rotatable bonds is 4. The molecule has 0 atom stereocenters. The molecule has 0 amide bonds. The number of anilines is 1. The van der Waals surface area contributed by atoms with Crippen molar-refractivity contribution in [3.05, 3.63) is 28.0 Å². The van der Waals surface area contributed by atoms with Crippen LogP contribution >= 0.6 is 15.9 Å². The van der Waals surface area contributed by atoms with Gasteiger partial charge in [-0.2, -0.15) is 0 Å². The van der Waals surface area contributed by atoms with Crippen molar-refractivity contribution in [1.82, 2.24) is 0 Å². The molecule has 1 rings (SSSR count). The minimum atomic E-state index is -0.205. The molecule has 1 aromatic carbocycles. The summed E-state index contributed by atoms with van der Waals surface area (Å²) in [6, 6.07) is 3.33. The third-order valence-corrected chi connectivity index (χ3v) is 2.72. The normalized spacial score (nSPS) is 10.3. The second kappa shape index (κ2) is 5.35. The zero-order valence-electron chi connectivity index (χ0n) is 8.53. The van der Waals surface area contributed by atoms with Crippen molar-refractivity contribution in [2.75, 3.05) is 11.9 Å². The first kappa shape index (κ1) is 11.5. The van der Waals surface area contributed by atoms with Gasteiger partial charge in [-0.3, -0.25) is 0 Å². The van der Waals surface area contributed by atoms with Crippen molar-refractivity contribution >= 4 is 21.6 Å². The van der Waals surface area contributed by atoms with Crippen LogP contribution in [0.3, 0.4) is 0 Å². The number of benzene rings is 1. The SMILES string of the molecule is CCCCNc1cc(Br)c(F)cc1C. The predicted octanol–water partition coefficient (Wildman–Crippen LogP) is 4.11. The lowest BCUT2D eigenvalue weighted by Crippen LogP contribution is -2.02. The van der Waals surface area contributed by atoms with E-state index in [1.807, 2.05) is 6.92 Å². The fraction of sp³-hybridized carbons (Fsp3) is 0.455. The van der Waals surface area contributed by atoms with Gasteiger partial charge in [0.1, 0.15) is 5.82 Å². The second-order valence-electron chi connectivity index (χ2n) is 3.36. The highest BCUT2D eigenvalue weighted by Gasteiger charge is 2.03. The number of aryl methyl sites for hydroxylation is 1. The Morgan fingerprint density at radius 1 is 1.43 bits per heavy atom. The van der Waals surface area contributed by atoms with E-state index in [-0.39, 0.29) is 5.82 Å². The van der Waals surface area contributed by atoms with Crippen LogP contribution in [0.15, 0.2) is 16.6 Å². The molecule has 14 heavy (non-hydrogen) atoms. The van der Waals surface area contributed by atoms with Crippen LogP contribution < -0.4 is 5.32 Å². The molecule has 3 heteroatoms. The maximum absolute atomic E-state index is 13.1. The lowest BCUT2D eigenvalue weighted by Gasteiger charge is -2.09. The molecule has 0 saturated heterocycles. The molecule has 78 valence electrons. The van der Waals surface area contributed by atoms with E-state index >= 15 is 0 Å². The quantitative estimate of drug-likeness (QED) is 0.803. The summed E-state index contributed by atoms with van der Waals surface area (Å²) in [7, 11) is 0. The Morgan fingerprint density at radius 3 is 2.79 bits per heavy atom. The minimum Gasteiger partial charge on any atom is -0.385 e. The maximum Gasteiger partial charge on any atom is 0.137 e. The zero-order valence-corrected chi connectivity index (χ0v) is 10.1. The molecular formula is C11H15BrFN. The van der Waals surface area contributed by atoms with Crippen molar-refractivity contribution in [2.24, 2.45) is 0 Å². The molecule has 0 unspecified atom stereocenters. The molecule has 0 spiro atoms. The van der Waals surface area contributed by atoms with Gasteiger partial charge < -0.3 is 5.32 Å². The Hall–Kier alpha value is -0.570. The van der Waals surface area contributed by atoms with Gasteiger partial charge in [0, 0.05) is 12.2 Å². The number of unbranched alkanes of at least 4 members (excludes halogenated alkanes) is 1. The van der Waals surface area contributed by atoms with Crippen LogP contribution in [0.4, 0.5) is 10.1 Å². The second-order valence-corrected chi connectivity index (χ2v) is 4.22. The van der Waals surface area contributed by atoms with E-state index in [0.29, 0.717) is 4.47 Å². The van der Waals surface area contributed by atoms with Crippen LogP contribution in [0.25, 0.3) is 0 Å². The Morgan fingerprint density at radius 2 is 2.14 bits per heavy atom. The largest absolute Gasteiger partial charge is 0.385 e. The summed E-state index contributed by atoms with van der Waals surface area (Å²) in [4.78, 5) is 0. The number of hydrogen-bond acceptors (Lipinski definition) is 1. The topological polar surface area (TPSA) is 12.0 Å². The maximum atomic E-state index is 13.1. The Balaban J connectivity index is 2.72. The molecule has 0 aliphatic carbocycles. The van der Waals surface area contributed by atoms with Gasteiger partial charge >= 0.3 is 0 Å². The zero-order chi connectivity index (χ0) is 10.6. The molecule has 0 aromatic heterocycles. The molecule has 0 bridgehead atoms. The molecule has 1 nitrogen and oxygen atoms in total.